The Labute approximate surface area is 187 Å². The van der Waals surface area contributed by atoms with Crippen molar-refractivity contribution < 1.29 is 14.0 Å². The van der Waals surface area contributed by atoms with E-state index in [1.54, 1.807) is 6.92 Å². The van der Waals surface area contributed by atoms with E-state index < -0.39 is 17.7 Å². The van der Waals surface area contributed by atoms with E-state index in [0.717, 1.165) is 21.8 Å². The Balaban J connectivity index is 1.95. The van der Waals surface area contributed by atoms with Crippen LogP contribution in [0.4, 0.5) is 4.39 Å². The number of rotatable bonds is 6. The number of carbonyl (C=O) groups is 2. The van der Waals surface area contributed by atoms with E-state index in [9.17, 15) is 19.2 Å². The van der Waals surface area contributed by atoms with Gasteiger partial charge < -0.3 is 0 Å². The van der Waals surface area contributed by atoms with Gasteiger partial charge in [0.25, 0.3) is 0 Å². The molecule has 4 nitrogen and oxygen atoms in total. The Morgan fingerprint density at radius 3 is 2.37 bits per heavy atom. The van der Waals surface area contributed by atoms with Gasteiger partial charge in [-0.15, -0.1) is 0 Å². The summed E-state index contributed by atoms with van der Waals surface area (Å²) < 4.78 is 14.0. The number of thioether (sulfide) groups is 1. The van der Waals surface area contributed by atoms with Crippen molar-refractivity contribution in [3.8, 4) is 6.07 Å². The van der Waals surface area contributed by atoms with Crippen LogP contribution in [0.3, 0.4) is 0 Å². The molecule has 0 saturated heterocycles. The fraction of sp³-hybridized carbons (Fsp3) is 0.217. The number of Topliss-reactive ketones (excluding diaryl/α,β-unsaturated/α-hetero) is 2. The fourth-order valence-corrected chi connectivity index (χ4v) is 4.70. The SMILES string of the molecule is CC(=O)C1C(C)=NC(SCC(=O)c2ccc(F)cc2)=C(C#N)[C@H]1c1ccc(Br)cc1. The largest absolute Gasteiger partial charge is 0.299 e. The zero-order valence-electron chi connectivity index (χ0n) is 16.4. The molecule has 1 aliphatic heterocycles. The number of hydrogen-bond donors (Lipinski definition) is 0. The van der Waals surface area contributed by atoms with E-state index in [2.05, 4.69) is 27.0 Å². The summed E-state index contributed by atoms with van der Waals surface area (Å²) in [6, 6.07) is 15.1. The molecule has 0 N–H and O–H groups in total. The van der Waals surface area contributed by atoms with Gasteiger partial charge in [-0.2, -0.15) is 5.26 Å². The van der Waals surface area contributed by atoms with Crippen LogP contribution in [0.5, 0.6) is 0 Å². The lowest BCUT2D eigenvalue weighted by Crippen LogP contribution is -2.31. The Hall–Kier alpha value is -2.56. The molecule has 1 heterocycles. The Kier molecular flexibility index (Phi) is 7.01. The molecule has 0 radical (unpaired) electrons. The number of nitriles is 1. The van der Waals surface area contributed by atoms with Crippen LogP contribution in [-0.4, -0.2) is 23.0 Å². The first-order valence-electron chi connectivity index (χ1n) is 9.18. The molecule has 1 aliphatic rings. The van der Waals surface area contributed by atoms with Crippen LogP contribution in [0.2, 0.25) is 0 Å². The van der Waals surface area contributed by atoms with Gasteiger partial charge in [-0.25, -0.2) is 9.38 Å². The second kappa shape index (κ2) is 9.50. The topological polar surface area (TPSA) is 70.3 Å². The van der Waals surface area contributed by atoms with Crippen LogP contribution >= 0.6 is 27.7 Å². The highest BCUT2D eigenvalue weighted by Gasteiger charge is 2.37. The summed E-state index contributed by atoms with van der Waals surface area (Å²) in [4.78, 5) is 29.4. The first-order valence-corrected chi connectivity index (χ1v) is 11.0. The van der Waals surface area contributed by atoms with Crippen molar-refractivity contribution >= 4 is 45.0 Å². The van der Waals surface area contributed by atoms with Crippen molar-refractivity contribution in [2.45, 2.75) is 19.8 Å². The molecule has 0 saturated carbocycles. The standard InChI is InChI=1S/C23H18BrFN2O2S/c1-13-21(14(2)28)22(16-3-7-17(24)8-4-16)19(11-26)23(27-13)30-12-20(29)15-5-9-18(25)10-6-15/h3-10,21-22H,12H2,1-2H3/t21?,22-/m1/s1. The maximum atomic E-state index is 13.1. The zero-order chi connectivity index (χ0) is 21.8. The normalized spacial score (nSPS) is 18.6. The van der Waals surface area contributed by atoms with E-state index in [1.807, 2.05) is 24.3 Å². The van der Waals surface area contributed by atoms with Crippen molar-refractivity contribution in [3.05, 3.63) is 80.5 Å². The number of carbonyl (C=O) groups excluding carboxylic acids is 2. The molecular weight excluding hydrogens is 467 g/mol. The zero-order valence-corrected chi connectivity index (χ0v) is 18.8. The summed E-state index contributed by atoms with van der Waals surface area (Å²) in [5.74, 6) is -1.59. The Morgan fingerprint density at radius 2 is 1.80 bits per heavy atom. The predicted molar refractivity (Wildman–Crippen MR) is 120 cm³/mol. The van der Waals surface area contributed by atoms with E-state index in [4.69, 9.17) is 0 Å². The molecule has 1 unspecified atom stereocenters. The van der Waals surface area contributed by atoms with Gasteiger partial charge >= 0.3 is 0 Å². The molecule has 7 heteroatoms. The van der Waals surface area contributed by atoms with Gasteiger partial charge in [0.2, 0.25) is 0 Å². The Morgan fingerprint density at radius 1 is 1.17 bits per heavy atom. The monoisotopic (exact) mass is 484 g/mol. The molecule has 0 bridgehead atoms. The third-order valence-corrected chi connectivity index (χ3v) is 6.42. The molecule has 30 heavy (non-hydrogen) atoms. The van der Waals surface area contributed by atoms with Gasteiger partial charge in [-0.1, -0.05) is 39.8 Å². The number of benzene rings is 2. The lowest BCUT2D eigenvalue weighted by atomic mass is 9.75. The second-order valence-electron chi connectivity index (χ2n) is 6.92. The average molecular weight is 485 g/mol. The summed E-state index contributed by atoms with van der Waals surface area (Å²) in [6.07, 6.45) is 0. The van der Waals surface area contributed by atoms with Crippen LogP contribution < -0.4 is 0 Å². The van der Waals surface area contributed by atoms with Crippen molar-refractivity contribution in [1.82, 2.24) is 0 Å². The number of hydrogen-bond acceptors (Lipinski definition) is 5. The molecular formula is C23H18BrFN2O2S. The van der Waals surface area contributed by atoms with Crippen molar-refractivity contribution in [3.63, 3.8) is 0 Å². The quantitative estimate of drug-likeness (QED) is 0.492. The van der Waals surface area contributed by atoms with Crippen LogP contribution in [0.1, 0.15) is 35.7 Å². The number of halogens is 2. The summed E-state index contributed by atoms with van der Waals surface area (Å²) in [5.41, 5.74) is 2.23. The third kappa shape index (κ3) is 4.77. The fourth-order valence-electron chi connectivity index (χ4n) is 3.47. The van der Waals surface area contributed by atoms with Crippen molar-refractivity contribution in [2.24, 2.45) is 10.9 Å². The van der Waals surface area contributed by atoms with Crippen molar-refractivity contribution in [1.29, 1.82) is 5.26 Å². The molecule has 2 aromatic rings. The molecule has 0 spiro atoms. The number of allylic oxidation sites excluding steroid dienone is 1. The van der Waals surface area contributed by atoms with Gasteiger partial charge in [0.1, 0.15) is 16.6 Å². The van der Waals surface area contributed by atoms with E-state index >= 15 is 0 Å². The molecule has 2 aromatic carbocycles. The van der Waals surface area contributed by atoms with Crippen LogP contribution in [0, 0.1) is 23.1 Å². The highest BCUT2D eigenvalue weighted by Crippen LogP contribution is 2.42. The number of aliphatic imine (C=N–C) groups is 1. The molecule has 152 valence electrons. The maximum absolute atomic E-state index is 13.1. The Bertz CT molecular complexity index is 1090. The molecule has 0 aromatic heterocycles. The minimum atomic E-state index is -0.530. The summed E-state index contributed by atoms with van der Waals surface area (Å²) in [5, 5.41) is 10.3. The van der Waals surface area contributed by atoms with Gasteiger partial charge in [0.15, 0.2) is 5.78 Å². The van der Waals surface area contributed by atoms with Crippen LogP contribution in [0.15, 0.2) is 68.6 Å². The van der Waals surface area contributed by atoms with Crippen molar-refractivity contribution in [2.75, 3.05) is 5.75 Å². The average Bonchev–Trinajstić information content (AvgIpc) is 2.72. The molecule has 0 fully saturated rings. The van der Waals surface area contributed by atoms with Gasteiger partial charge in [0, 0.05) is 21.7 Å². The first-order chi connectivity index (χ1) is 14.3. The van der Waals surface area contributed by atoms with Gasteiger partial charge in [0.05, 0.1) is 23.3 Å². The minimum Gasteiger partial charge on any atom is -0.299 e. The minimum absolute atomic E-state index is 0.0563. The highest BCUT2D eigenvalue weighted by molar-refractivity contribution is 9.10. The van der Waals surface area contributed by atoms with Crippen LogP contribution in [-0.2, 0) is 4.79 Å². The van der Waals surface area contributed by atoms with E-state index in [0.29, 0.717) is 21.9 Å². The third-order valence-electron chi connectivity index (χ3n) is 4.90. The van der Waals surface area contributed by atoms with E-state index in [1.165, 1.54) is 31.2 Å². The lowest BCUT2D eigenvalue weighted by molar-refractivity contribution is -0.119. The maximum Gasteiger partial charge on any atom is 0.173 e. The predicted octanol–water partition coefficient (Wildman–Crippen LogP) is 5.70. The molecule has 0 aliphatic carbocycles. The summed E-state index contributed by atoms with van der Waals surface area (Å²) in [7, 11) is 0. The number of ketones is 2. The number of nitrogens with zero attached hydrogens (tertiary/aromatic N) is 2. The van der Waals surface area contributed by atoms with Crippen LogP contribution in [0.25, 0.3) is 0 Å². The smallest absolute Gasteiger partial charge is 0.173 e. The lowest BCUT2D eigenvalue weighted by Gasteiger charge is -2.30. The highest BCUT2D eigenvalue weighted by atomic mass is 79.9. The second-order valence-corrected chi connectivity index (χ2v) is 8.80. The first kappa shape index (κ1) is 22.1. The summed E-state index contributed by atoms with van der Waals surface area (Å²) >= 11 is 4.57. The molecule has 3 rings (SSSR count). The van der Waals surface area contributed by atoms with Gasteiger partial charge in [-0.05, 0) is 55.8 Å². The molecule has 2 atom stereocenters. The van der Waals surface area contributed by atoms with E-state index in [-0.39, 0.29) is 17.3 Å². The molecule has 0 amide bonds. The van der Waals surface area contributed by atoms with Gasteiger partial charge in [-0.3, -0.25) is 9.59 Å². The summed E-state index contributed by atoms with van der Waals surface area (Å²) in [6.45, 7) is 3.27.